The minimum Gasteiger partial charge on any atom is -0.490 e. The number of hydrogen-bond acceptors (Lipinski definition) is 3. The third-order valence-electron chi connectivity index (χ3n) is 3.39. The number of nitrogens with zero attached hydrogens (tertiary/aromatic N) is 1. The summed E-state index contributed by atoms with van der Waals surface area (Å²) >= 11 is 0. The summed E-state index contributed by atoms with van der Waals surface area (Å²) in [6, 6.07) is 12.8. The molecule has 0 heterocycles. The SMILES string of the molecule is CC(C)Oc1ccccc1/C=C(\C#N)C(=O)Nc1cccc(C(F)(F)F)c1. The van der Waals surface area contributed by atoms with E-state index in [-0.39, 0.29) is 17.4 Å². The predicted molar refractivity (Wildman–Crippen MR) is 95.9 cm³/mol. The molecule has 0 atom stereocenters. The molecule has 0 saturated carbocycles. The molecule has 0 spiro atoms. The Morgan fingerprint density at radius 1 is 1.19 bits per heavy atom. The Labute approximate surface area is 154 Å². The lowest BCUT2D eigenvalue weighted by Gasteiger charge is -2.12. The average molecular weight is 374 g/mol. The number of anilines is 1. The third kappa shape index (κ3) is 5.61. The summed E-state index contributed by atoms with van der Waals surface area (Å²) in [5.41, 5.74) is -0.685. The summed E-state index contributed by atoms with van der Waals surface area (Å²) in [4.78, 5) is 12.3. The fraction of sp³-hybridized carbons (Fsp3) is 0.200. The number of benzene rings is 2. The van der Waals surface area contributed by atoms with Crippen molar-refractivity contribution in [2.75, 3.05) is 5.32 Å². The Morgan fingerprint density at radius 2 is 1.89 bits per heavy atom. The molecule has 2 aromatic carbocycles. The summed E-state index contributed by atoms with van der Waals surface area (Å²) in [5.74, 6) is -0.316. The number of alkyl halides is 3. The van der Waals surface area contributed by atoms with Crippen LogP contribution in [0, 0.1) is 11.3 Å². The Bertz CT molecular complexity index is 897. The molecule has 0 unspecified atom stereocenters. The summed E-state index contributed by atoms with van der Waals surface area (Å²) in [5, 5.41) is 11.6. The number of amides is 1. The van der Waals surface area contributed by atoms with Gasteiger partial charge in [0.15, 0.2) is 0 Å². The van der Waals surface area contributed by atoms with E-state index in [1.54, 1.807) is 30.3 Å². The van der Waals surface area contributed by atoms with Gasteiger partial charge >= 0.3 is 6.18 Å². The Hall–Kier alpha value is -3.27. The molecule has 7 heteroatoms. The van der Waals surface area contributed by atoms with Gasteiger partial charge < -0.3 is 10.1 Å². The molecule has 0 aliphatic heterocycles. The third-order valence-corrected chi connectivity index (χ3v) is 3.39. The molecule has 0 bridgehead atoms. The zero-order valence-electron chi connectivity index (χ0n) is 14.7. The minimum absolute atomic E-state index is 0.0531. The highest BCUT2D eigenvalue weighted by atomic mass is 19.4. The van der Waals surface area contributed by atoms with Crippen molar-refractivity contribution in [2.45, 2.75) is 26.1 Å². The highest BCUT2D eigenvalue weighted by Gasteiger charge is 2.30. The van der Waals surface area contributed by atoms with E-state index in [4.69, 9.17) is 4.74 Å². The molecule has 1 N–H and O–H groups in total. The monoisotopic (exact) mass is 374 g/mol. The lowest BCUT2D eigenvalue weighted by molar-refractivity contribution is -0.137. The summed E-state index contributed by atoms with van der Waals surface area (Å²) in [7, 11) is 0. The van der Waals surface area contributed by atoms with Gasteiger partial charge in [0, 0.05) is 11.3 Å². The van der Waals surface area contributed by atoms with Crippen LogP contribution in [-0.2, 0) is 11.0 Å². The van der Waals surface area contributed by atoms with Gasteiger partial charge in [-0.05, 0) is 44.2 Å². The van der Waals surface area contributed by atoms with Gasteiger partial charge in [-0.1, -0.05) is 24.3 Å². The number of carbonyl (C=O) groups excluding carboxylic acids is 1. The standard InChI is InChI=1S/C20H17F3N2O2/c1-13(2)27-18-9-4-3-6-14(18)10-15(12-24)19(26)25-17-8-5-7-16(11-17)20(21,22)23/h3-11,13H,1-2H3,(H,25,26)/b15-10+. The molecular formula is C20H17F3N2O2. The first-order valence-electron chi connectivity index (χ1n) is 8.07. The lowest BCUT2D eigenvalue weighted by atomic mass is 10.1. The molecule has 2 aromatic rings. The Kier molecular flexibility index (Phi) is 6.24. The van der Waals surface area contributed by atoms with Crippen molar-refractivity contribution in [1.29, 1.82) is 5.26 Å². The molecular weight excluding hydrogens is 357 g/mol. The van der Waals surface area contributed by atoms with Crippen LogP contribution in [0.1, 0.15) is 25.0 Å². The average Bonchev–Trinajstić information content (AvgIpc) is 2.60. The highest BCUT2D eigenvalue weighted by molar-refractivity contribution is 6.09. The molecule has 0 fully saturated rings. The first-order valence-corrected chi connectivity index (χ1v) is 8.07. The van der Waals surface area contributed by atoms with Gasteiger partial charge in [0.1, 0.15) is 17.4 Å². The van der Waals surface area contributed by atoms with Crippen LogP contribution in [-0.4, -0.2) is 12.0 Å². The maximum absolute atomic E-state index is 12.8. The molecule has 140 valence electrons. The van der Waals surface area contributed by atoms with Crippen LogP contribution in [0.15, 0.2) is 54.1 Å². The van der Waals surface area contributed by atoms with Crippen LogP contribution in [0.25, 0.3) is 6.08 Å². The number of nitriles is 1. The van der Waals surface area contributed by atoms with E-state index in [9.17, 15) is 23.2 Å². The van der Waals surface area contributed by atoms with Crippen molar-refractivity contribution < 1.29 is 22.7 Å². The number of ether oxygens (including phenoxy) is 1. The number of hydrogen-bond donors (Lipinski definition) is 1. The van der Waals surface area contributed by atoms with E-state index in [0.717, 1.165) is 12.1 Å². The topological polar surface area (TPSA) is 62.1 Å². The van der Waals surface area contributed by atoms with Gasteiger partial charge in [0.2, 0.25) is 0 Å². The van der Waals surface area contributed by atoms with Gasteiger partial charge in [-0.15, -0.1) is 0 Å². The number of nitrogens with one attached hydrogen (secondary N) is 1. The van der Waals surface area contributed by atoms with Crippen LogP contribution < -0.4 is 10.1 Å². The Balaban J connectivity index is 2.27. The van der Waals surface area contributed by atoms with Gasteiger partial charge in [0.05, 0.1) is 11.7 Å². The highest BCUT2D eigenvalue weighted by Crippen LogP contribution is 2.30. The molecule has 0 aromatic heterocycles. The fourth-order valence-electron chi connectivity index (χ4n) is 2.24. The van der Waals surface area contributed by atoms with Crippen LogP contribution in [0.4, 0.5) is 18.9 Å². The second-order valence-electron chi connectivity index (χ2n) is 5.91. The maximum Gasteiger partial charge on any atom is 0.416 e. The maximum atomic E-state index is 12.8. The van der Waals surface area contributed by atoms with Gasteiger partial charge in [-0.2, -0.15) is 18.4 Å². The second-order valence-corrected chi connectivity index (χ2v) is 5.91. The van der Waals surface area contributed by atoms with Gasteiger partial charge in [-0.25, -0.2) is 0 Å². The van der Waals surface area contributed by atoms with Crippen molar-refractivity contribution in [2.24, 2.45) is 0 Å². The smallest absolute Gasteiger partial charge is 0.416 e. The van der Waals surface area contributed by atoms with Gasteiger partial charge in [-0.3, -0.25) is 4.79 Å². The lowest BCUT2D eigenvalue weighted by Crippen LogP contribution is -2.14. The van der Waals surface area contributed by atoms with Gasteiger partial charge in [0.25, 0.3) is 5.91 Å². The number of halogens is 3. The van der Waals surface area contributed by atoms with Crippen molar-refractivity contribution in [3.8, 4) is 11.8 Å². The second kappa shape index (κ2) is 8.41. The summed E-state index contributed by atoms with van der Waals surface area (Å²) < 4.78 is 44.0. The normalized spacial score (nSPS) is 11.8. The van der Waals surface area contributed by atoms with Crippen LogP contribution >= 0.6 is 0 Å². The van der Waals surface area contributed by atoms with Crippen LogP contribution in [0.2, 0.25) is 0 Å². The quantitative estimate of drug-likeness (QED) is 0.589. The minimum atomic E-state index is -4.53. The zero-order chi connectivity index (χ0) is 20.0. The molecule has 0 aliphatic rings. The van der Waals surface area contributed by atoms with E-state index in [2.05, 4.69) is 5.32 Å². The molecule has 0 saturated heterocycles. The van der Waals surface area contributed by atoms with Crippen molar-refractivity contribution >= 4 is 17.7 Å². The Morgan fingerprint density at radius 3 is 2.52 bits per heavy atom. The first kappa shape index (κ1) is 20.0. The number of carbonyl (C=O) groups is 1. The number of rotatable bonds is 5. The van der Waals surface area contributed by atoms with E-state index >= 15 is 0 Å². The molecule has 2 rings (SSSR count). The molecule has 4 nitrogen and oxygen atoms in total. The molecule has 27 heavy (non-hydrogen) atoms. The largest absolute Gasteiger partial charge is 0.490 e. The summed E-state index contributed by atoms with van der Waals surface area (Å²) in [6.45, 7) is 3.68. The summed E-state index contributed by atoms with van der Waals surface area (Å²) in [6.07, 6.45) is -3.30. The van der Waals surface area contributed by atoms with E-state index in [1.807, 2.05) is 13.8 Å². The molecule has 1 amide bonds. The van der Waals surface area contributed by atoms with Crippen LogP contribution in [0.5, 0.6) is 5.75 Å². The van der Waals surface area contributed by atoms with Crippen molar-refractivity contribution in [3.63, 3.8) is 0 Å². The van der Waals surface area contributed by atoms with Crippen LogP contribution in [0.3, 0.4) is 0 Å². The number of para-hydroxylation sites is 1. The van der Waals surface area contributed by atoms with E-state index < -0.39 is 17.6 Å². The van der Waals surface area contributed by atoms with E-state index in [0.29, 0.717) is 11.3 Å². The van der Waals surface area contributed by atoms with Crippen molar-refractivity contribution in [1.82, 2.24) is 0 Å². The van der Waals surface area contributed by atoms with Crippen molar-refractivity contribution in [3.05, 3.63) is 65.2 Å². The predicted octanol–water partition coefficient (Wildman–Crippen LogP) is 5.04. The molecule has 0 aliphatic carbocycles. The first-order chi connectivity index (χ1) is 12.7. The van der Waals surface area contributed by atoms with E-state index in [1.165, 1.54) is 18.2 Å². The molecule has 0 radical (unpaired) electrons. The zero-order valence-corrected chi connectivity index (χ0v) is 14.7. The fourth-order valence-corrected chi connectivity index (χ4v) is 2.24.